The van der Waals surface area contributed by atoms with Crippen LogP contribution in [-0.4, -0.2) is 10.2 Å². The van der Waals surface area contributed by atoms with Crippen molar-refractivity contribution >= 4 is 23.4 Å². The van der Waals surface area contributed by atoms with Gasteiger partial charge in [-0.15, -0.1) is 23.4 Å². The van der Waals surface area contributed by atoms with Gasteiger partial charge in [0.15, 0.2) is 0 Å². The molecule has 0 radical (unpaired) electrons. The van der Waals surface area contributed by atoms with Gasteiger partial charge in [-0.25, -0.2) is 4.98 Å². The van der Waals surface area contributed by atoms with E-state index in [4.69, 9.17) is 11.6 Å². The van der Waals surface area contributed by atoms with E-state index in [-0.39, 0.29) is 0 Å². The summed E-state index contributed by atoms with van der Waals surface area (Å²) < 4.78 is 0. The molecular weight excluding hydrogens is 214 g/mol. The third-order valence-electron chi connectivity index (χ3n) is 2.51. The Balaban J connectivity index is 2.00. The van der Waals surface area contributed by atoms with Crippen molar-refractivity contribution in [1.29, 1.82) is 0 Å². The Labute approximate surface area is 94.3 Å². The molecule has 14 heavy (non-hydrogen) atoms. The molecule has 1 fully saturated rings. The fourth-order valence-corrected chi connectivity index (χ4v) is 3.16. The lowest BCUT2D eigenvalue weighted by Gasteiger charge is -2.07. The minimum absolute atomic E-state index is 0.513. The van der Waals surface area contributed by atoms with Crippen LogP contribution in [0, 0.1) is 0 Å². The Bertz CT molecular complexity index is 297. The highest BCUT2D eigenvalue weighted by Gasteiger charge is 2.16. The Morgan fingerprint density at radius 1 is 1.36 bits per heavy atom. The first-order valence-corrected chi connectivity index (χ1v) is 6.48. The molecular formula is C11H14ClNS. The van der Waals surface area contributed by atoms with Gasteiger partial charge in [0.25, 0.3) is 0 Å². The van der Waals surface area contributed by atoms with Gasteiger partial charge in [0.2, 0.25) is 0 Å². The predicted molar refractivity (Wildman–Crippen MR) is 61.9 cm³/mol. The Hall–Kier alpha value is -0.210. The number of halogens is 1. The normalized spacial score (nSPS) is 17.5. The highest BCUT2D eigenvalue weighted by molar-refractivity contribution is 7.99. The molecule has 1 nitrogen and oxygen atoms in total. The van der Waals surface area contributed by atoms with Crippen molar-refractivity contribution in [3.63, 3.8) is 0 Å². The molecule has 0 aromatic carbocycles. The van der Waals surface area contributed by atoms with Crippen molar-refractivity contribution in [2.75, 3.05) is 0 Å². The smallest absolute Gasteiger partial charge is 0.0966 e. The van der Waals surface area contributed by atoms with Gasteiger partial charge in [-0.1, -0.05) is 18.9 Å². The lowest BCUT2D eigenvalue weighted by atomic mass is 10.4. The van der Waals surface area contributed by atoms with Crippen LogP contribution >= 0.6 is 23.4 Å². The zero-order chi connectivity index (χ0) is 9.80. The molecule has 1 aromatic rings. The largest absolute Gasteiger partial charge is 0.245 e. The molecule has 1 aliphatic carbocycles. The van der Waals surface area contributed by atoms with E-state index in [1.807, 2.05) is 23.9 Å². The van der Waals surface area contributed by atoms with Crippen LogP contribution in [0.3, 0.4) is 0 Å². The lowest BCUT2D eigenvalue weighted by Crippen LogP contribution is -1.95. The molecule has 1 aliphatic rings. The molecule has 1 saturated carbocycles. The van der Waals surface area contributed by atoms with Crippen molar-refractivity contribution in [3.05, 3.63) is 23.9 Å². The average Bonchev–Trinajstić information content (AvgIpc) is 2.71. The number of thioether (sulfide) groups is 1. The minimum Gasteiger partial charge on any atom is -0.245 e. The second kappa shape index (κ2) is 5.04. The van der Waals surface area contributed by atoms with Crippen LogP contribution in [0.4, 0.5) is 0 Å². The van der Waals surface area contributed by atoms with Gasteiger partial charge in [0.1, 0.15) is 0 Å². The first kappa shape index (κ1) is 10.3. The summed E-state index contributed by atoms with van der Waals surface area (Å²) >= 11 is 7.65. The van der Waals surface area contributed by atoms with Gasteiger partial charge in [-0.2, -0.15) is 0 Å². The molecule has 0 bridgehead atoms. The molecule has 3 heteroatoms. The van der Waals surface area contributed by atoms with Gasteiger partial charge in [-0.05, 0) is 25.0 Å². The van der Waals surface area contributed by atoms with Gasteiger partial charge in [-0.3, -0.25) is 0 Å². The van der Waals surface area contributed by atoms with Gasteiger partial charge < -0.3 is 0 Å². The standard InChI is InChI=1S/C11H14ClNS/c12-8-9-4-3-7-11(13-9)14-10-5-1-2-6-10/h3-4,7,10H,1-2,5-6,8H2. The third kappa shape index (κ3) is 2.64. The summed E-state index contributed by atoms with van der Waals surface area (Å²) in [7, 11) is 0. The van der Waals surface area contributed by atoms with E-state index in [1.54, 1.807) is 0 Å². The van der Waals surface area contributed by atoms with Crippen molar-refractivity contribution in [1.82, 2.24) is 4.98 Å². The van der Waals surface area contributed by atoms with E-state index in [9.17, 15) is 0 Å². The fraction of sp³-hybridized carbons (Fsp3) is 0.545. The highest BCUT2D eigenvalue weighted by Crippen LogP contribution is 2.33. The molecule has 0 atom stereocenters. The van der Waals surface area contributed by atoms with E-state index >= 15 is 0 Å². The Morgan fingerprint density at radius 3 is 2.86 bits per heavy atom. The number of pyridine rings is 1. The van der Waals surface area contributed by atoms with E-state index in [2.05, 4.69) is 11.1 Å². The second-order valence-electron chi connectivity index (χ2n) is 3.63. The third-order valence-corrected chi connectivity index (χ3v) is 4.06. The van der Waals surface area contributed by atoms with Crippen LogP contribution < -0.4 is 0 Å². The average molecular weight is 228 g/mol. The van der Waals surface area contributed by atoms with Gasteiger partial charge >= 0.3 is 0 Å². The van der Waals surface area contributed by atoms with Crippen molar-refractivity contribution < 1.29 is 0 Å². The summed E-state index contributed by atoms with van der Waals surface area (Å²) in [6.45, 7) is 0. The quantitative estimate of drug-likeness (QED) is 0.728. The van der Waals surface area contributed by atoms with Crippen LogP contribution in [0.5, 0.6) is 0 Å². The number of hydrogen-bond acceptors (Lipinski definition) is 2. The summed E-state index contributed by atoms with van der Waals surface area (Å²) in [5.74, 6) is 0.513. The minimum atomic E-state index is 0.513. The predicted octanol–water partition coefficient (Wildman–Crippen LogP) is 3.86. The maximum atomic E-state index is 5.74. The second-order valence-corrected chi connectivity index (χ2v) is 5.21. The summed E-state index contributed by atoms with van der Waals surface area (Å²) in [5.41, 5.74) is 0.981. The number of hydrogen-bond donors (Lipinski definition) is 0. The summed E-state index contributed by atoms with van der Waals surface area (Å²) in [6.07, 6.45) is 5.45. The van der Waals surface area contributed by atoms with E-state index in [1.165, 1.54) is 25.7 Å². The van der Waals surface area contributed by atoms with Crippen LogP contribution in [0.2, 0.25) is 0 Å². The van der Waals surface area contributed by atoms with Crippen molar-refractivity contribution in [2.24, 2.45) is 0 Å². The first-order valence-electron chi connectivity index (χ1n) is 5.07. The molecule has 0 N–H and O–H groups in total. The van der Waals surface area contributed by atoms with E-state index in [0.717, 1.165) is 16.0 Å². The van der Waals surface area contributed by atoms with Crippen molar-refractivity contribution in [3.8, 4) is 0 Å². The SMILES string of the molecule is ClCc1cccc(SC2CCCC2)n1. The fourth-order valence-electron chi connectivity index (χ4n) is 1.77. The van der Waals surface area contributed by atoms with Gasteiger partial charge in [0, 0.05) is 5.25 Å². The Kier molecular flexibility index (Phi) is 3.71. The molecule has 0 amide bonds. The summed E-state index contributed by atoms with van der Waals surface area (Å²) in [6, 6.07) is 6.10. The molecule has 2 rings (SSSR count). The molecule has 0 saturated heterocycles. The maximum absolute atomic E-state index is 5.74. The maximum Gasteiger partial charge on any atom is 0.0966 e. The molecule has 0 aliphatic heterocycles. The van der Waals surface area contributed by atoms with E-state index in [0.29, 0.717) is 5.88 Å². The Morgan fingerprint density at radius 2 is 2.14 bits per heavy atom. The summed E-state index contributed by atoms with van der Waals surface area (Å²) in [5, 5.41) is 1.92. The van der Waals surface area contributed by atoms with Crippen LogP contribution in [-0.2, 0) is 5.88 Å². The number of nitrogens with zero attached hydrogens (tertiary/aromatic N) is 1. The highest BCUT2D eigenvalue weighted by atomic mass is 35.5. The van der Waals surface area contributed by atoms with Crippen LogP contribution in [0.25, 0.3) is 0 Å². The van der Waals surface area contributed by atoms with Gasteiger partial charge in [0.05, 0.1) is 16.6 Å². The van der Waals surface area contributed by atoms with Crippen LogP contribution in [0.15, 0.2) is 23.2 Å². The number of aromatic nitrogens is 1. The molecule has 76 valence electrons. The molecule has 0 spiro atoms. The topological polar surface area (TPSA) is 12.9 Å². The number of alkyl halides is 1. The lowest BCUT2D eigenvalue weighted by molar-refractivity contribution is 0.886. The monoisotopic (exact) mass is 227 g/mol. The zero-order valence-corrected chi connectivity index (χ0v) is 9.65. The van der Waals surface area contributed by atoms with Crippen LogP contribution in [0.1, 0.15) is 31.4 Å². The van der Waals surface area contributed by atoms with Crippen molar-refractivity contribution in [2.45, 2.75) is 41.8 Å². The molecule has 1 aromatic heterocycles. The molecule has 0 unspecified atom stereocenters. The number of rotatable bonds is 3. The summed E-state index contributed by atoms with van der Waals surface area (Å²) in [4.78, 5) is 4.49. The first-order chi connectivity index (χ1) is 6.88. The van der Waals surface area contributed by atoms with E-state index < -0.39 is 0 Å². The molecule has 1 heterocycles. The zero-order valence-electron chi connectivity index (χ0n) is 8.08.